The molecule has 0 saturated heterocycles. The van der Waals surface area contributed by atoms with Crippen LogP contribution in [0.1, 0.15) is 13.3 Å². The second-order valence-corrected chi connectivity index (χ2v) is 4.22. The zero-order valence-electron chi connectivity index (χ0n) is 10.4. The van der Waals surface area contributed by atoms with Crippen molar-refractivity contribution in [3.8, 4) is 0 Å². The van der Waals surface area contributed by atoms with Gasteiger partial charge in [-0.1, -0.05) is 6.92 Å². The Hall–Kier alpha value is -0.754. The quantitative estimate of drug-likeness (QED) is 0.274. The molecule has 0 aromatic rings. The summed E-state index contributed by atoms with van der Waals surface area (Å²) in [5, 5.41) is 3.65. The predicted octanol–water partition coefficient (Wildman–Crippen LogP) is -1.80. The number of methoxy groups -OCH3 is 1. The molecule has 19 heavy (non-hydrogen) atoms. The van der Waals surface area contributed by atoms with E-state index in [1.54, 1.807) is 6.21 Å². The molecule has 1 N–H and O–H groups in total. The fourth-order valence-corrected chi connectivity index (χ4v) is 1.19. The number of nitrogens with one attached hydrogen (secondary N) is 1. The molecule has 104 valence electrons. The second-order valence-electron chi connectivity index (χ2n) is 3.41. The zero-order chi connectivity index (χ0) is 14.3. The van der Waals surface area contributed by atoms with Gasteiger partial charge in [-0.05, 0) is 0 Å². The molecule has 0 aliphatic carbocycles. The Kier molecular flexibility index (Phi) is 9.95. The number of rotatable bonds is 2. The predicted molar refractivity (Wildman–Crippen MR) is 62.2 cm³/mol. The number of hydrazone groups is 1. The molecule has 0 saturated carbocycles. The van der Waals surface area contributed by atoms with Crippen molar-refractivity contribution in [3.63, 3.8) is 0 Å². The van der Waals surface area contributed by atoms with Crippen LogP contribution in [0, 0.1) is 11.8 Å². The number of amides is 1. The van der Waals surface area contributed by atoms with Gasteiger partial charge >= 0.3 is 29.0 Å². The van der Waals surface area contributed by atoms with E-state index in [1.165, 1.54) is 7.11 Å². The van der Waals surface area contributed by atoms with Gasteiger partial charge in [-0.3, -0.25) is 18.0 Å². The third kappa shape index (κ3) is 10.8. The SMILES string of the molecule is COC(=O)CC1C(=O)NN=CC1C.O=S(=O)([O-])[O-].[Mg+2]. The molecule has 0 aromatic carbocycles. The van der Waals surface area contributed by atoms with Crippen molar-refractivity contribution in [2.45, 2.75) is 13.3 Å². The van der Waals surface area contributed by atoms with Gasteiger partial charge in [-0.15, -0.1) is 0 Å². The third-order valence-electron chi connectivity index (χ3n) is 2.07. The smallest absolute Gasteiger partial charge is 0.759 e. The molecule has 0 radical (unpaired) electrons. The molecule has 1 amide bonds. The molecular formula is C8H12MgN2O7S. The van der Waals surface area contributed by atoms with Crippen molar-refractivity contribution < 1.29 is 31.8 Å². The Morgan fingerprint density at radius 3 is 2.37 bits per heavy atom. The Labute approximate surface area is 126 Å². The summed E-state index contributed by atoms with van der Waals surface area (Å²) in [6.07, 6.45) is 1.73. The summed E-state index contributed by atoms with van der Waals surface area (Å²) in [5.74, 6) is -0.972. The van der Waals surface area contributed by atoms with Crippen LogP contribution in [-0.4, -0.2) is 65.8 Å². The van der Waals surface area contributed by atoms with Crippen LogP contribution in [0.2, 0.25) is 0 Å². The summed E-state index contributed by atoms with van der Waals surface area (Å²) in [6, 6.07) is 0. The fraction of sp³-hybridized carbons (Fsp3) is 0.625. The summed E-state index contributed by atoms with van der Waals surface area (Å²) in [5.41, 5.74) is 2.31. The van der Waals surface area contributed by atoms with Gasteiger partial charge in [0.1, 0.15) is 0 Å². The van der Waals surface area contributed by atoms with Crippen LogP contribution >= 0.6 is 0 Å². The summed E-state index contributed by atoms with van der Waals surface area (Å²) in [7, 11) is -3.86. The molecule has 9 nitrogen and oxygen atoms in total. The number of hydrogen-bond donors (Lipinski definition) is 1. The molecule has 1 aliphatic rings. The minimum atomic E-state index is -5.17. The van der Waals surface area contributed by atoms with Gasteiger partial charge in [0, 0.05) is 22.5 Å². The summed E-state index contributed by atoms with van der Waals surface area (Å²) >= 11 is 0. The van der Waals surface area contributed by atoms with E-state index in [1.807, 2.05) is 6.92 Å². The molecule has 0 aromatic heterocycles. The largest absolute Gasteiger partial charge is 2.00 e. The Morgan fingerprint density at radius 2 is 2.00 bits per heavy atom. The molecule has 1 heterocycles. The van der Waals surface area contributed by atoms with Crippen LogP contribution in [0.25, 0.3) is 0 Å². The van der Waals surface area contributed by atoms with E-state index in [-0.39, 0.29) is 53.2 Å². The van der Waals surface area contributed by atoms with Crippen LogP contribution < -0.4 is 5.43 Å². The van der Waals surface area contributed by atoms with Crippen molar-refractivity contribution in [3.05, 3.63) is 0 Å². The zero-order valence-corrected chi connectivity index (χ0v) is 12.6. The summed E-state index contributed by atoms with van der Waals surface area (Å²) in [6.45, 7) is 1.84. The third-order valence-corrected chi connectivity index (χ3v) is 2.07. The molecule has 11 heteroatoms. The van der Waals surface area contributed by atoms with Gasteiger partial charge in [0.2, 0.25) is 5.91 Å². The average Bonchev–Trinajstić information content (AvgIpc) is 2.21. The Balaban J connectivity index is 0. The molecule has 2 atom stereocenters. The van der Waals surface area contributed by atoms with Gasteiger partial charge in [0.25, 0.3) is 0 Å². The van der Waals surface area contributed by atoms with Crippen LogP contribution in [0.3, 0.4) is 0 Å². The molecule has 1 rings (SSSR count). The van der Waals surface area contributed by atoms with E-state index in [4.69, 9.17) is 17.5 Å². The minimum Gasteiger partial charge on any atom is -0.759 e. The van der Waals surface area contributed by atoms with Crippen molar-refractivity contribution in [2.24, 2.45) is 16.9 Å². The second kappa shape index (κ2) is 9.20. The Bertz CT molecular complexity index is 428. The summed E-state index contributed by atoms with van der Waals surface area (Å²) < 4.78 is 38.6. The van der Waals surface area contributed by atoms with Gasteiger partial charge in [0.05, 0.1) is 19.4 Å². The molecule has 0 fully saturated rings. The van der Waals surface area contributed by atoms with Gasteiger partial charge in [-0.2, -0.15) is 5.10 Å². The van der Waals surface area contributed by atoms with E-state index in [0.717, 1.165) is 0 Å². The maximum absolute atomic E-state index is 11.2. The number of carbonyl (C=O) groups is 2. The first-order valence-corrected chi connectivity index (χ1v) is 6.05. The maximum Gasteiger partial charge on any atom is 2.00 e. The first kappa shape index (κ1) is 20.6. The molecule has 2 unspecified atom stereocenters. The Morgan fingerprint density at radius 1 is 1.53 bits per heavy atom. The number of nitrogens with zero attached hydrogens (tertiary/aromatic N) is 1. The fourth-order valence-electron chi connectivity index (χ4n) is 1.19. The normalized spacial score (nSPS) is 21.4. The monoisotopic (exact) mass is 304 g/mol. The van der Waals surface area contributed by atoms with E-state index in [0.29, 0.717) is 0 Å². The van der Waals surface area contributed by atoms with E-state index < -0.39 is 10.4 Å². The number of hydrogen-bond acceptors (Lipinski definition) is 8. The van der Waals surface area contributed by atoms with Gasteiger partial charge in [0.15, 0.2) is 0 Å². The topological polar surface area (TPSA) is 148 Å². The van der Waals surface area contributed by atoms with Crippen LogP contribution in [-0.2, 0) is 24.7 Å². The van der Waals surface area contributed by atoms with Gasteiger partial charge in [-0.25, -0.2) is 5.43 Å². The molecule has 1 aliphatic heterocycles. The van der Waals surface area contributed by atoms with E-state index >= 15 is 0 Å². The number of esters is 1. The molecular weight excluding hydrogens is 292 g/mol. The van der Waals surface area contributed by atoms with Crippen molar-refractivity contribution >= 4 is 51.5 Å². The number of ether oxygens (including phenoxy) is 1. The van der Waals surface area contributed by atoms with E-state index in [9.17, 15) is 9.59 Å². The first-order chi connectivity index (χ1) is 8.15. The van der Waals surface area contributed by atoms with Gasteiger partial charge < -0.3 is 13.8 Å². The first-order valence-electron chi connectivity index (χ1n) is 4.71. The minimum absolute atomic E-state index is 0. The molecule has 0 spiro atoms. The van der Waals surface area contributed by atoms with Crippen LogP contribution in [0.15, 0.2) is 5.10 Å². The number of carbonyl (C=O) groups excluding carboxylic acids is 2. The molecule has 0 bridgehead atoms. The average molecular weight is 305 g/mol. The van der Waals surface area contributed by atoms with Crippen molar-refractivity contribution in [1.29, 1.82) is 0 Å². The van der Waals surface area contributed by atoms with Crippen LogP contribution in [0.4, 0.5) is 0 Å². The van der Waals surface area contributed by atoms with Crippen molar-refractivity contribution in [2.75, 3.05) is 7.11 Å². The van der Waals surface area contributed by atoms with E-state index in [2.05, 4.69) is 15.3 Å². The van der Waals surface area contributed by atoms with Crippen LogP contribution in [0.5, 0.6) is 0 Å². The maximum atomic E-state index is 11.2. The summed E-state index contributed by atoms with van der Waals surface area (Å²) in [4.78, 5) is 22.1. The standard InChI is InChI=1S/C8H12N2O3.Mg.H2O4S/c1-5-4-9-10-8(12)6(5)3-7(11)13-2;;1-5(2,3)4/h4-6H,3H2,1-2H3,(H,10,12);;(H2,1,2,3,4)/q;+2;/p-2. The van der Waals surface area contributed by atoms with Crippen molar-refractivity contribution in [1.82, 2.24) is 5.43 Å².